The molecule has 0 radical (unpaired) electrons. The summed E-state index contributed by atoms with van der Waals surface area (Å²) in [6.07, 6.45) is 0.899. The lowest BCUT2D eigenvalue weighted by Crippen LogP contribution is -2.17. The average Bonchev–Trinajstić information content (AvgIpc) is 2.93. The number of thiophene rings is 1. The Kier molecular flexibility index (Phi) is 5.15. The highest BCUT2D eigenvalue weighted by Crippen LogP contribution is 2.16. The summed E-state index contributed by atoms with van der Waals surface area (Å²) in [6.45, 7) is 1.39. The molecule has 2 N–H and O–H groups in total. The largest absolute Gasteiger partial charge is 0.497 e. The highest BCUT2D eigenvalue weighted by atomic mass is 32.1. The number of carbonyl (C=O) groups is 1. The van der Waals surface area contributed by atoms with E-state index in [-0.39, 0.29) is 0 Å². The molecule has 1 heterocycles. The van der Waals surface area contributed by atoms with Gasteiger partial charge >= 0.3 is 5.97 Å². The van der Waals surface area contributed by atoms with Gasteiger partial charge in [0.2, 0.25) is 0 Å². The second-order valence-electron chi connectivity index (χ2n) is 4.35. The summed E-state index contributed by atoms with van der Waals surface area (Å²) < 4.78 is 5.11. The van der Waals surface area contributed by atoms with Gasteiger partial charge in [0.05, 0.1) is 7.11 Å². The van der Waals surface area contributed by atoms with Crippen molar-refractivity contribution in [1.29, 1.82) is 0 Å². The Morgan fingerprint density at radius 2 is 2.05 bits per heavy atom. The molecule has 0 amide bonds. The zero-order valence-electron chi connectivity index (χ0n) is 11.3. The van der Waals surface area contributed by atoms with Crippen molar-refractivity contribution in [3.8, 4) is 5.75 Å². The summed E-state index contributed by atoms with van der Waals surface area (Å²) in [6, 6.07) is 9.81. The van der Waals surface area contributed by atoms with E-state index in [9.17, 15) is 4.79 Å². The van der Waals surface area contributed by atoms with E-state index in [1.165, 1.54) is 16.9 Å². The molecule has 0 unspecified atom stereocenters. The maximum absolute atomic E-state index is 11.0. The minimum atomic E-state index is -0.855. The van der Waals surface area contributed by atoms with E-state index in [0.29, 0.717) is 11.4 Å². The van der Waals surface area contributed by atoms with E-state index >= 15 is 0 Å². The molecule has 0 fully saturated rings. The monoisotopic (exact) mass is 291 g/mol. The Labute approximate surface area is 122 Å². The maximum atomic E-state index is 11.0. The van der Waals surface area contributed by atoms with Crippen molar-refractivity contribution in [3.63, 3.8) is 0 Å². The van der Waals surface area contributed by atoms with Gasteiger partial charge in [-0.25, -0.2) is 4.79 Å². The molecule has 5 heteroatoms. The molecule has 106 valence electrons. The first-order valence-corrected chi connectivity index (χ1v) is 7.22. The van der Waals surface area contributed by atoms with E-state index in [2.05, 4.69) is 5.32 Å². The normalized spacial score (nSPS) is 10.4. The topological polar surface area (TPSA) is 58.6 Å². The molecule has 0 spiro atoms. The van der Waals surface area contributed by atoms with Crippen molar-refractivity contribution in [3.05, 3.63) is 51.7 Å². The summed E-state index contributed by atoms with van der Waals surface area (Å²) in [5.74, 6) is -0.00182. The van der Waals surface area contributed by atoms with Crippen LogP contribution in [-0.2, 0) is 13.0 Å². The van der Waals surface area contributed by atoms with Crippen LogP contribution in [0.4, 0.5) is 0 Å². The summed E-state index contributed by atoms with van der Waals surface area (Å²) in [5, 5.41) is 14.1. The second kappa shape index (κ2) is 7.07. The number of hydrogen-bond acceptors (Lipinski definition) is 4. The Morgan fingerprint density at radius 3 is 2.70 bits per heavy atom. The maximum Gasteiger partial charge on any atom is 0.346 e. The van der Waals surface area contributed by atoms with Crippen molar-refractivity contribution < 1.29 is 14.6 Å². The van der Waals surface area contributed by atoms with Crippen LogP contribution in [0.5, 0.6) is 5.75 Å². The van der Waals surface area contributed by atoms with Gasteiger partial charge in [0.1, 0.15) is 10.6 Å². The van der Waals surface area contributed by atoms with Crippen molar-refractivity contribution in [2.24, 2.45) is 0 Å². The molecular weight excluding hydrogens is 274 g/mol. The van der Waals surface area contributed by atoms with E-state index < -0.39 is 5.97 Å². The first-order valence-electron chi connectivity index (χ1n) is 6.34. The summed E-state index contributed by atoms with van der Waals surface area (Å²) in [7, 11) is 1.65. The fourth-order valence-corrected chi connectivity index (χ4v) is 2.67. The minimum absolute atomic E-state index is 0.418. The van der Waals surface area contributed by atoms with Crippen LogP contribution in [0.3, 0.4) is 0 Å². The molecule has 0 saturated carbocycles. The number of ether oxygens (including phenoxy) is 1. The number of benzene rings is 1. The smallest absolute Gasteiger partial charge is 0.346 e. The van der Waals surface area contributed by atoms with E-state index in [1.54, 1.807) is 7.11 Å². The Morgan fingerprint density at radius 1 is 1.30 bits per heavy atom. The molecule has 0 aliphatic heterocycles. The van der Waals surface area contributed by atoms with Crippen LogP contribution in [0.15, 0.2) is 35.7 Å². The third-order valence-electron chi connectivity index (χ3n) is 3.01. The van der Waals surface area contributed by atoms with Crippen molar-refractivity contribution in [1.82, 2.24) is 5.32 Å². The summed E-state index contributed by atoms with van der Waals surface area (Å²) >= 11 is 1.26. The fraction of sp³-hybridized carbons (Fsp3) is 0.267. The molecule has 0 aliphatic carbocycles. The predicted molar refractivity (Wildman–Crippen MR) is 79.7 cm³/mol. The number of nitrogens with one attached hydrogen (secondary N) is 1. The quantitative estimate of drug-likeness (QED) is 0.770. The van der Waals surface area contributed by atoms with Crippen LogP contribution in [0, 0.1) is 0 Å². The fourth-order valence-electron chi connectivity index (χ4n) is 1.91. The van der Waals surface area contributed by atoms with Crippen molar-refractivity contribution in [2.75, 3.05) is 13.7 Å². The second-order valence-corrected chi connectivity index (χ2v) is 5.27. The van der Waals surface area contributed by atoms with Gasteiger partial charge in [0, 0.05) is 6.54 Å². The molecule has 4 nitrogen and oxygen atoms in total. The first-order chi connectivity index (χ1) is 9.70. The van der Waals surface area contributed by atoms with Crippen LogP contribution in [0.1, 0.15) is 20.8 Å². The third-order valence-corrected chi connectivity index (χ3v) is 3.95. The highest BCUT2D eigenvalue weighted by molar-refractivity contribution is 7.12. The standard InChI is InChI=1S/C15H17NO3S/c1-19-13-4-2-11(3-5-13)6-8-16-10-12-7-9-20-14(12)15(17)18/h2-5,7,9,16H,6,8,10H2,1H3,(H,17,18). The SMILES string of the molecule is COc1ccc(CCNCc2ccsc2C(=O)O)cc1. The van der Waals surface area contributed by atoms with E-state index in [4.69, 9.17) is 9.84 Å². The zero-order chi connectivity index (χ0) is 14.4. The van der Waals surface area contributed by atoms with Gasteiger partial charge < -0.3 is 15.2 Å². The molecule has 2 rings (SSSR count). The van der Waals surface area contributed by atoms with Gasteiger partial charge in [-0.3, -0.25) is 0 Å². The molecule has 1 aromatic heterocycles. The van der Waals surface area contributed by atoms with Gasteiger partial charge in [-0.05, 0) is 47.7 Å². The molecule has 0 aliphatic rings. The average molecular weight is 291 g/mol. The minimum Gasteiger partial charge on any atom is -0.497 e. The molecule has 0 atom stereocenters. The van der Waals surface area contributed by atoms with Gasteiger partial charge in [-0.2, -0.15) is 0 Å². The molecule has 20 heavy (non-hydrogen) atoms. The molecule has 0 bridgehead atoms. The van der Waals surface area contributed by atoms with Gasteiger partial charge in [-0.15, -0.1) is 11.3 Å². The molecule has 0 saturated heterocycles. The number of carboxylic acid groups (broad SMARTS) is 1. The summed E-state index contributed by atoms with van der Waals surface area (Å²) in [4.78, 5) is 11.4. The highest BCUT2D eigenvalue weighted by Gasteiger charge is 2.10. The number of rotatable bonds is 7. The predicted octanol–water partition coefficient (Wildman–Crippen LogP) is 2.79. The lowest BCUT2D eigenvalue weighted by molar-refractivity contribution is 0.0701. The number of methoxy groups -OCH3 is 1. The van der Waals surface area contributed by atoms with Crippen LogP contribution in [0.2, 0.25) is 0 Å². The number of hydrogen-bond donors (Lipinski definition) is 2. The van der Waals surface area contributed by atoms with Crippen molar-refractivity contribution >= 4 is 17.3 Å². The molecule has 1 aromatic carbocycles. The van der Waals surface area contributed by atoms with Crippen LogP contribution >= 0.6 is 11.3 Å². The van der Waals surface area contributed by atoms with E-state index in [0.717, 1.165) is 24.3 Å². The first kappa shape index (κ1) is 14.6. The lowest BCUT2D eigenvalue weighted by atomic mass is 10.1. The zero-order valence-corrected chi connectivity index (χ0v) is 12.1. The number of aromatic carboxylic acids is 1. The molecule has 2 aromatic rings. The van der Waals surface area contributed by atoms with Crippen LogP contribution < -0.4 is 10.1 Å². The molecular formula is C15H17NO3S. The van der Waals surface area contributed by atoms with Gasteiger partial charge in [0.15, 0.2) is 0 Å². The van der Waals surface area contributed by atoms with Crippen molar-refractivity contribution in [2.45, 2.75) is 13.0 Å². The van der Waals surface area contributed by atoms with Crippen LogP contribution in [0.25, 0.3) is 0 Å². The Bertz CT molecular complexity index is 563. The lowest BCUT2D eigenvalue weighted by Gasteiger charge is -2.06. The summed E-state index contributed by atoms with van der Waals surface area (Å²) in [5.41, 5.74) is 2.07. The Hall–Kier alpha value is -1.85. The third kappa shape index (κ3) is 3.82. The van der Waals surface area contributed by atoms with E-state index in [1.807, 2.05) is 35.7 Å². The van der Waals surface area contributed by atoms with Gasteiger partial charge in [0.25, 0.3) is 0 Å². The Balaban J connectivity index is 1.78. The number of carboxylic acids is 1. The van der Waals surface area contributed by atoms with Gasteiger partial charge in [-0.1, -0.05) is 12.1 Å². The van der Waals surface area contributed by atoms with Crippen LogP contribution in [-0.4, -0.2) is 24.7 Å².